The number of ether oxygens (including phenoxy) is 1. The predicted molar refractivity (Wildman–Crippen MR) is 54.5 cm³/mol. The highest BCUT2D eigenvalue weighted by molar-refractivity contribution is 5.73. The van der Waals surface area contributed by atoms with E-state index in [0.29, 0.717) is 0 Å². The van der Waals surface area contributed by atoms with E-state index in [0.717, 1.165) is 0 Å². The standard InChI is InChI=1S/C8H14N4O5/c1-3(13)11-5-7(15)6(14)4(2-10-12-9)17-8(5)16/h4-8,14-16H,2H2,1H3,(H,11,13)/t4?,5?,6-,7?,8?/m0/s1. The van der Waals surface area contributed by atoms with Crippen LogP contribution in [0.4, 0.5) is 0 Å². The molecule has 9 nitrogen and oxygen atoms in total. The highest BCUT2D eigenvalue weighted by atomic mass is 16.6. The van der Waals surface area contributed by atoms with Crippen LogP contribution < -0.4 is 5.32 Å². The van der Waals surface area contributed by atoms with E-state index in [2.05, 4.69) is 15.3 Å². The molecule has 4 N–H and O–H groups in total. The molecule has 0 aromatic rings. The number of aliphatic hydroxyl groups excluding tert-OH is 3. The number of amides is 1. The van der Waals surface area contributed by atoms with Gasteiger partial charge in [0.1, 0.15) is 18.2 Å². The summed E-state index contributed by atoms with van der Waals surface area (Å²) in [7, 11) is 0. The Morgan fingerprint density at radius 3 is 2.65 bits per heavy atom. The molecule has 1 amide bonds. The number of rotatable bonds is 3. The molecule has 1 heterocycles. The van der Waals surface area contributed by atoms with Gasteiger partial charge in [-0.2, -0.15) is 0 Å². The molecule has 17 heavy (non-hydrogen) atoms. The second-order valence-corrected chi connectivity index (χ2v) is 3.69. The minimum atomic E-state index is -1.48. The van der Waals surface area contributed by atoms with E-state index >= 15 is 0 Å². The van der Waals surface area contributed by atoms with Gasteiger partial charge in [0.2, 0.25) is 5.91 Å². The number of carbonyl (C=O) groups excluding carboxylic acids is 1. The summed E-state index contributed by atoms with van der Waals surface area (Å²) in [5, 5.41) is 34.3. The maximum Gasteiger partial charge on any atom is 0.217 e. The van der Waals surface area contributed by atoms with Crippen molar-refractivity contribution in [1.82, 2.24) is 5.32 Å². The lowest BCUT2D eigenvalue weighted by Crippen LogP contribution is -2.63. The Morgan fingerprint density at radius 2 is 2.12 bits per heavy atom. The van der Waals surface area contributed by atoms with Crippen LogP contribution in [0.3, 0.4) is 0 Å². The van der Waals surface area contributed by atoms with Gasteiger partial charge in [-0.15, -0.1) is 0 Å². The van der Waals surface area contributed by atoms with Crippen LogP contribution in [0.2, 0.25) is 0 Å². The third-order valence-corrected chi connectivity index (χ3v) is 2.41. The number of nitrogens with one attached hydrogen (secondary N) is 1. The summed E-state index contributed by atoms with van der Waals surface area (Å²) in [4.78, 5) is 13.3. The third kappa shape index (κ3) is 3.29. The quantitative estimate of drug-likeness (QED) is 0.264. The Hall–Kier alpha value is -1.38. The van der Waals surface area contributed by atoms with Crippen molar-refractivity contribution in [2.45, 2.75) is 37.6 Å². The molecule has 0 bridgehead atoms. The minimum Gasteiger partial charge on any atom is -0.388 e. The maximum atomic E-state index is 10.8. The minimum absolute atomic E-state index is 0.224. The molecule has 0 spiro atoms. The lowest BCUT2D eigenvalue weighted by atomic mass is 9.97. The molecule has 1 rings (SSSR count). The molecule has 0 aromatic heterocycles. The molecule has 0 aliphatic carbocycles. The van der Waals surface area contributed by atoms with Crippen LogP contribution in [0.25, 0.3) is 10.4 Å². The van der Waals surface area contributed by atoms with Crippen LogP contribution in [0, 0.1) is 0 Å². The number of nitrogens with zero attached hydrogens (tertiary/aromatic N) is 3. The smallest absolute Gasteiger partial charge is 0.217 e. The molecule has 5 atom stereocenters. The highest BCUT2D eigenvalue weighted by Crippen LogP contribution is 2.20. The van der Waals surface area contributed by atoms with E-state index in [9.17, 15) is 20.1 Å². The van der Waals surface area contributed by atoms with Crippen molar-refractivity contribution in [1.29, 1.82) is 0 Å². The lowest BCUT2D eigenvalue weighted by molar-refractivity contribution is -0.244. The summed E-state index contributed by atoms with van der Waals surface area (Å²) in [6, 6.07) is -1.12. The molecule has 0 radical (unpaired) electrons. The summed E-state index contributed by atoms with van der Waals surface area (Å²) in [5.74, 6) is -0.475. The molecule has 1 saturated heterocycles. The Labute approximate surface area is 96.6 Å². The predicted octanol–water partition coefficient (Wildman–Crippen LogP) is -1.76. The fraction of sp³-hybridized carbons (Fsp3) is 0.875. The van der Waals surface area contributed by atoms with Crippen molar-refractivity contribution in [3.63, 3.8) is 0 Å². The van der Waals surface area contributed by atoms with Gasteiger partial charge < -0.3 is 25.4 Å². The molecule has 1 aliphatic heterocycles. The van der Waals surface area contributed by atoms with Gasteiger partial charge in [-0.3, -0.25) is 4.79 Å². The Balaban J connectivity index is 2.71. The van der Waals surface area contributed by atoms with Crippen molar-refractivity contribution in [2.75, 3.05) is 6.54 Å². The van der Waals surface area contributed by atoms with Crippen LogP contribution in [-0.4, -0.2) is 58.4 Å². The summed E-state index contributed by atoms with van der Waals surface area (Å²) in [6.07, 6.45) is -5.25. The molecule has 1 fully saturated rings. The zero-order valence-electron chi connectivity index (χ0n) is 9.09. The van der Waals surface area contributed by atoms with Crippen molar-refractivity contribution in [3.8, 4) is 0 Å². The third-order valence-electron chi connectivity index (χ3n) is 2.41. The van der Waals surface area contributed by atoms with Crippen LogP contribution in [0.5, 0.6) is 0 Å². The topological polar surface area (TPSA) is 148 Å². The molecular formula is C8H14N4O5. The summed E-state index contributed by atoms with van der Waals surface area (Å²) in [5.41, 5.74) is 8.13. The maximum absolute atomic E-state index is 10.8. The van der Waals surface area contributed by atoms with Gasteiger partial charge in [0.15, 0.2) is 6.29 Å². The van der Waals surface area contributed by atoms with Crippen molar-refractivity contribution >= 4 is 5.91 Å². The number of carbonyl (C=O) groups is 1. The molecule has 0 aromatic carbocycles. The molecular weight excluding hydrogens is 232 g/mol. The Kier molecular flexibility index (Phi) is 4.67. The summed E-state index contributed by atoms with van der Waals surface area (Å²) in [6.45, 7) is 0.983. The number of hydrogen-bond donors (Lipinski definition) is 4. The summed E-state index contributed by atoms with van der Waals surface area (Å²) >= 11 is 0. The van der Waals surface area contributed by atoms with Crippen LogP contribution >= 0.6 is 0 Å². The average Bonchev–Trinajstić information content (AvgIpc) is 2.27. The monoisotopic (exact) mass is 246 g/mol. The van der Waals surface area contributed by atoms with E-state index < -0.39 is 36.6 Å². The van der Waals surface area contributed by atoms with Gasteiger partial charge in [0.05, 0.1) is 12.6 Å². The van der Waals surface area contributed by atoms with Gasteiger partial charge in [0, 0.05) is 11.8 Å². The van der Waals surface area contributed by atoms with Gasteiger partial charge in [-0.25, -0.2) is 0 Å². The first-order valence-corrected chi connectivity index (χ1v) is 4.95. The zero-order valence-corrected chi connectivity index (χ0v) is 9.09. The average molecular weight is 246 g/mol. The van der Waals surface area contributed by atoms with Gasteiger partial charge in [-0.05, 0) is 5.53 Å². The fourth-order valence-corrected chi connectivity index (χ4v) is 1.60. The second kappa shape index (κ2) is 5.80. The Bertz CT molecular complexity index is 332. The normalized spacial score (nSPS) is 37.1. The lowest BCUT2D eigenvalue weighted by Gasteiger charge is -2.40. The zero-order chi connectivity index (χ0) is 13.0. The molecule has 96 valence electrons. The molecule has 0 saturated carbocycles. The molecule has 4 unspecified atom stereocenters. The van der Waals surface area contributed by atoms with E-state index in [1.807, 2.05) is 0 Å². The largest absolute Gasteiger partial charge is 0.388 e. The van der Waals surface area contributed by atoms with Crippen molar-refractivity contribution in [2.24, 2.45) is 5.11 Å². The first kappa shape index (κ1) is 13.7. The van der Waals surface area contributed by atoms with Gasteiger partial charge in [-0.1, -0.05) is 5.11 Å². The van der Waals surface area contributed by atoms with E-state index in [-0.39, 0.29) is 6.54 Å². The Morgan fingerprint density at radius 1 is 1.47 bits per heavy atom. The van der Waals surface area contributed by atoms with Crippen LogP contribution in [0.15, 0.2) is 5.11 Å². The van der Waals surface area contributed by atoms with E-state index in [1.54, 1.807) is 0 Å². The number of azide groups is 1. The first-order valence-electron chi connectivity index (χ1n) is 4.95. The van der Waals surface area contributed by atoms with E-state index in [4.69, 9.17) is 10.3 Å². The van der Waals surface area contributed by atoms with Crippen molar-refractivity contribution < 1.29 is 24.9 Å². The van der Waals surface area contributed by atoms with E-state index in [1.165, 1.54) is 6.92 Å². The summed E-state index contributed by atoms with van der Waals surface area (Å²) < 4.78 is 4.95. The highest BCUT2D eigenvalue weighted by Gasteiger charge is 2.43. The SMILES string of the molecule is CC(=O)NC1C(O)OC(CN=[N+]=[N-])[C@H](O)C1O. The van der Waals surface area contributed by atoms with Gasteiger partial charge >= 0.3 is 0 Å². The molecule has 1 aliphatic rings. The van der Waals surface area contributed by atoms with Crippen LogP contribution in [0.1, 0.15) is 6.92 Å². The fourth-order valence-electron chi connectivity index (χ4n) is 1.60. The number of aliphatic hydroxyl groups is 3. The molecule has 9 heteroatoms. The number of hydrogen-bond acceptors (Lipinski definition) is 6. The first-order chi connectivity index (χ1) is 7.97. The second-order valence-electron chi connectivity index (χ2n) is 3.69. The van der Waals surface area contributed by atoms with Crippen LogP contribution in [-0.2, 0) is 9.53 Å². The van der Waals surface area contributed by atoms with Crippen molar-refractivity contribution in [3.05, 3.63) is 10.4 Å². The van der Waals surface area contributed by atoms with Gasteiger partial charge in [0.25, 0.3) is 0 Å².